The highest BCUT2D eigenvalue weighted by molar-refractivity contribution is 7.89. The molecule has 1 amide bonds. The van der Waals surface area contributed by atoms with Gasteiger partial charge in [-0.05, 0) is 69.1 Å². The molecule has 1 saturated carbocycles. The molecule has 2 aliphatic rings. The minimum Gasteiger partial charge on any atom is -0.495 e. The average Bonchev–Trinajstić information content (AvgIpc) is 3.57. The van der Waals surface area contributed by atoms with E-state index in [1.54, 1.807) is 12.3 Å². The molecule has 9 heteroatoms. The van der Waals surface area contributed by atoms with Crippen molar-refractivity contribution >= 4 is 15.9 Å². The van der Waals surface area contributed by atoms with E-state index in [0.717, 1.165) is 57.4 Å². The molecule has 1 aromatic heterocycles. The fourth-order valence-electron chi connectivity index (χ4n) is 4.59. The van der Waals surface area contributed by atoms with Crippen LogP contribution in [0.1, 0.15) is 60.7 Å². The van der Waals surface area contributed by atoms with Crippen LogP contribution in [-0.2, 0) is 10.0 Å². The quantitative estimate of drug-likeness (QED) is 0.595. The summed E-state index contributed by atoms with van der Waals surface area (Å²) >= 11 is 0. The second-order valence-corrected chi connectivity index (χ2v) is 10.1. The second kappa shape index (κ2) is 10.1. The molecule has 2 fully saturated rings. The molecular weight excluding hydrogens is 430 g/mol. The van der Waals surface area contributed by atoms with Crippen molar-refractivity contribution < 1.29 is 22.4 Å². The van der Waals surface area contributed by atoms with Gasteiger partial charge in [-0.3, -0.25) is 9.69 Å². The van der Waals surface area contributed by atoms with Crippen molar-refractivity contribution in [3.63, 3.8) is 0 Å². The summed E-state index contributed by atoms with van der Waals surface area (Å²) in [6.45, 7) is 2.29. The number of amides is 1. The van der Waals surface area contributed by atoms with Crippen LogP contribution < -0.4 is 14.8 Å². The van der Waals surface area contributed by atoms with Crippen molar-refractivity contribution in [3.8, 4) is 5.75 Å². The van der Waals surface area contributed by atoms with Gasteiger partial charge in [0.1, 0.15) is 16.4 Å². The van der Waals surface area contributed by atoms with Crippen LogP contribution in [0, 0.1) is 0 Å². The van der Waals surface area contributed by atoms with Gasteiger partial charge < -0.3 is 14.5 Å². The second-order valence-electron chi connectivity index (χ2n) is 8.45. The zero-order chi connectivity index (χ0) is 22.6. The summed E-state index contributed by atoms with van der Waals surface area (Å²) in [4.78, 5) is 15.2. The van der Waals surface area contributed by atoms with Crippen LogP contribution in [0.25, 0.3) is 0 Å². The normalized spacial score (nSPS) is 18.7. The third kappa shape index (κ3) is 5.16. The number of carbonyl (C=O) groups is 1. The fraction of sp³-hybridized carbons (Fsp3) is 0.522. The lowest BCUT2D eigenvalue weighted by Crippen LogP contribution is -2.37. The molecule has 1 aliphatic carbocycles. The first-order chi connectivity index (χ1) is 15.5. The molecule has 174 valence electrons. The first-order valence-corrected chi connectivity index (χ1v) is 12.7. The molecule has 0 bridgehead atoms. The number of nitrogens with one attached hydrogen (secondary N) is 2. The lowest BCUT2D eigenvalue weighted by Gasteiger charge is -2.26. The van der Waals surface area contributed by atoms with Crippen molar-refractivity contribution in [2.45, 2.75) is 55.5 Å². The maximum absolute atomic E-state index is 13.0. The number of rotatable bonds is 9. The standard InChI is InChI=1S/C23H31N3O5S/c1-30-21-11-10-17(15-22(21)32(28,29)25-18-7-2-3-8-18)23(27)24-16-19(20-9-6-14-31-20)26-12-4-5-13-26/h6,9-11,14-15,18-19,25H,2-5,7-8,12-13,16H2,1H3,(H,24,27)/t19-/m0/s1. The predicted molar refractivity (Wildman–Crippen MR) is 120 cm³/mol. The first-order valence-electron chi connectivity index (χ1n) is 11.2. The van der Waals surface area contributed by atoms with Crippen LogP contribution >= 0.6 is 0 Å². The van der Waals surface area contributed by atoms with Gasteiger partial charge in [0.2, 0.25) is 10.0 Å². The maximum atomic E-state index is 13.0. The van der Waals surface area contributed by atoms with Gasteiger partial charge in [-0.15, -0.1) is 0 Å². The van der Waals surface area contributed by atoms with E-state index in [1.165, 1.54) is 19.2 Å². The number of carbonyl (C=O) groups excluding carboxylic acids is 1. The van der Waals surface area contributed by atoms with Crippen molar-refractivity contribution in [3.05, 3.63) is 47.9 Å². The summed E-state index contributed by atoms with van der Waals surface area (Å²) in [6, 6.07) is 8.14. The smallest absolute Gasteiger partial charge is 0.251 e. The van der Waals surface area contributed by atoms with E-state index in [9.17, 15) is 13.2 Å². The highest BCUT2D eigenvalue weighted by Gasteiger charge is 2.28. The predicted octanol–water partition coefficient (Wildman–Crippen LogP) is 3.08. The Morgan fingerprint density at radius 2 is 1.94 bits per heavy atom. The third-order valence-electron chi connectivity index (χ3n) is 6.30. The number of hydrogen-bond donors (Lipinski definition) is 2. The summed E-state index contributed by atoms with van der Waals surface area (Å²) < 4.78 is 39.6. The van der Waals surface area contributed by atoms with E-state index in [2.05, 4.69) is 14.9 Å². The van der Waals surface area contributed by atoms with Crippen LogP contribution in [0.5, 0.6) is 5.75 Å². The van der Waals surface area contributed by atoms with E-state index in [4.69, 9.17) is 9.15 Å². The molecule has 1 aromatic carbocycles. The summed E-state index contributed by atoms with van der Waals surface area (Å²) in [5.74, 6) is 0.698. The van der Waals surface area contributed by atoms with E-state index in [-0.39, 0.29) is 34.2 Å². The van der Waals surface area contributed by atoms with Crippen molar-refractivity contribution in [1.29, 1.82) is 0 Å². The summed E-state index contributed by atoms with van der Waals surface area (Å²) in [5.41, 5.74) is 0.275. The van der Waals surface area contributed by atoms with Crippen molar-refractivity contribution in [2.75, 3.05) is 26.7 Å². The van der Waals surface area contributed by atoms with Gasteiger partial charge in [-0.25, -0.2) is 13.1 Å². The Bertz CT molecular complexity index is 1010. The van der Waals surface area contributed by atoms with E-state index in [1.807, 2.05) is 12.1 Å². The molecule has 0 radical (unpaired) electrons. The summed E-state index contributed by atoms with van der Waals surface area (Å²) in [6.07, 6.45) is 7.57. The van der Waals surface area contributed by atoms with Gasteiger partial charge in [0.15, 0.2) is 0 Å². The van der Waals surface area contributed by atoms with Gasteiger partial charge in [0.05, 0.1) is 19.4 Å². The molecule has 2 N–H and O–H groups in total. The van der Waals surface area contributed by atoms with Gasteiger partial charge >= 0.3 is 0 Å². The van der Waals surface area contributed by atoms with E-state index < -0.39 is 10.0 Å². The Labute approximate surface area is 189 Å². The van der Waals surface area contributed by atoms with Crippen molar-refractivity contribution in [2.24, 2.45) is 0 Å². The zero-order valence-electron chi connectivity index (χ0n) is 18.4. The highest BCUT2D eigenvalue weighted by atomic mass is 32.2. The molecule has 2 aromatic rings. The molecular formula is C23H31N3O5S. The highest BCUT2D eigenvalue weighted by Crippen LogP contribution is 2.28. The first kappa shape index (κ1) is 22.8. The van der Waals surface area contributed by atoms with Crippen LogP contribution in [0.3, 0.4) is 0 Å². The molecule has 1 saturated heterocycles. The number of sulfonamides is 1. The van der Waals surface area contributed by atoms with Gasteiger partial charge in [0.25, 0.3) is 5.91 Å². The Hall–Kier alpha value is -2.36. The van der Waals surface area contributed by atoms with Gasteiger partial charge in [0, 0.05) is 18.2 Å². The van der Waals surface area contributed by atoms with E-state index in [0.29, 0.717) is 6.54 Å². The van der Waals surface area contributed by atoms with Crippen molar-refractivity contribution in [1.82, 2.24) is 14.9 Å². The third-order valence-corrected chi connectivity index (χ3v) is 7.84. The number of furan rings is 1. The van der Waals surface area contributed by atoms with Gasteiger partial charge in [-0.1, -0.05) is 12.8 Å². The maximum Gasteiger partial charge on any atom is 0.251 e. The number of ether oxygens (including phenoxy) is 1. The molecule has 1 atom stereocenters. The number of nitrogens with zero attached hydrogens (tertiary/aromatic N) is 1. The van der Waals surface area contributed by atoms with Crippen LogP contribution in [0.4, 0.5) is 0 Å². The SMILES string of the molecule is COc1ccc(C(=O)NC[C@@H](c2ccco2)N2CCCC2)cc1S(=O)(=O)NC1CCCC1. The number of hydrogen-bond acceptors (Lipinski definition) is 6. The molecule has 1 aliphatic heterocycles. The van der Waals surface area contributed by atoms with Crippen LogP contribution in [-0.4, -0.2) is 52.0 Å². The average molecular weight is 462 g/mol. The fourth-order valence-corrected chi connectivity index (χ4v) is 6.09. The Balaban J connectivity index is 1.50. The molecule has 4 rings (SSSR count). The number of likely N-dealkylation sites (tertiary alicyclic amines) is 1. The summed E-state index contributed by atoms with van der Waals surface area (Å²) in [7, 11) is -2.38. The zero-order valence-corrected chi connectivity index (χ0v) is 19.2. The lowest BCUT2D eigenvalue weighted by molar-refractivity contribution is 0.0933. The van der Waals surface area contributed by atoms with Crippen LogP contribution in [0.15, 0.2) is 45.9 Å². The number of methoxy groups -OCH3 is 1. The monoisotopic (exact) mass is 461 g/mol. The van der Waals surface area contributed by atoms with E-state index >= 15 is 0 Å². The topological polar surface area (TPSA) is 101 Å². The van der Waals surface area contributed by atoms with Gasteiger partial charge in [-0.2, -0.15) is 0 Å². The molecule has 2 heterocycles. The summed E-state index contributed by atoms with van der Waals surface area (Å²) in [5, 5.41) is 2.96. The Morgan fingerprint density at radius 1 is 1.19 bits per heavy atom. The molecule has 32 heavy (non-hydrogen) atoms. The molecule has 0 unspecified atom stereocenters. The Morgan fingerprint density at radius 3 is 2.59 bits per heavy atom. The number of benzene rings is 1. The lowest BCUT2D eigenvalue weighted by atomic mass is 10.1. The minimum atomic E-state index is -3.80. The van der Waals surface area contributed by atoms with Crippen LogP contribution in [0.2, 0.25) is 0 Å². The minimum absolute atomic E-state index is 0.0123. The largest absolute Gasteiger partial charge is 0.495 e. The molecule has 0 spiro atoms. The Kier molecular flexibility index (Phi) is 7.17. The molecule has 8 nitrogen and oxygen atoms in total.